The lowest BCUT2D eigenvalue weighted by atomic mass is 9.97. The summed E-state index contributed by atoms with van der Waals surface area (Å²) in [6.07, 6.45) is 7.45. The molecule has 112 valence electrons. The third kappa shape index (κ3) is 3.75. The number of fused-ring (bicyclic) bond motifs is 1. The van der Waals surface area contributed by atoms with Crippen molar-refractivity contribution in [3.63, 3.8) is 0 Å². The summed E-state index contributed by atoms with van der Waals surface area (Å²) in [7, 11) is 0. The van der Waals surface area contributed by atoms with E-state index in [0.29, 0.717) is 6.04 Å². The summed E-state index contributed by atoms with van der Waals surface area (Å²) in [5.74, 6) is 0. The van der Waals surface area contributed by atoms with Crippen LogP contribution in [0.5, 0.6) is 0 Å². The molecule has 0 radical (unpaired) electrons. The fourth-order valence-corrected chi connectivity index (χ4v) is 3.98. The van der Waals surface area contributed by atoms with Gasteiger partial charge in [-0.1, -0.05) is 31.2 Å². The zero-order chi connectivity index (χ0) is 14.5. The van der Waals surface area contributed by atoms with Crippen molar-refractivity contribution in [3.8, 4) is 0 Å². The lowest BCUT2D eigenvalue weighted by molar-refractivity contribution is 0.500. The molecule has 1 heterocycles. The number of hydrogen-bond donors (Lipinski definition) is 1. The van der Waals surface area contributed by atoms with Gasteiger partial charge in [-0.15, -0.1) is 11.3 Å². The molecule has 0 aliphatic heterocycles. The second-order valence-corrected chi connectivity index (χ2v) is 7.04. The lowest BCUT2D eigenvalue weighted by Gasteiger charge is -2.20. The molecule has 1 aliphatic carbocycles. The minimum absolute atomic E-state index is 0.498. The molecule has 1 aromatic carbocycles. The fourth-order valence-electron chi connectivity index (χ4n) is 3.26. The van der Waals surface area contributed by atoms with E-state index in [9.17, 15) is 0 Å². The van der Waals surface area contributed by atoms with Crippen LogP contribution in [0.1, 0.15) is 53.8 Å². The van der Waals surface area contributed by atoms with Crippen LogP contribution in [0.25, 0.3) is 0 Å². The van der Waals surface area contributed by atoms with Crippen molar-refractivity contribution in [2.45, 2.75) is 51.5 Å². The molecule has 0 saturated heterocycles. The Hall–Kier alpha value is -1.12. The Morgan fingerprint density at radius 2 is 2.10 bits per heavy atom. The molecular weight excluding hydrogens is 274 g/mol. The molecule has 1 N–H and O–H groups in total. The van der Waals surface area contributed by atoms with Crippen molar-refractivity contribution < 1.29 is 0 Å². The lowest BCUT2D eigenvalue weighted by Crippen LogP contribution is -2.22. The van der Waals surface area contributed by atoms with Gasteiger partial charge in [0, 0.05) is 10.9 Å². The molecule has 1 unspecified atom stereocenters. The average molecular weight is 299 g/mol. The van der Waals surface area contributed by atoms with Crippen molar-refractivity contribution in [1.29, 1.82) is 0 Å². The molecular formula is C19H25NS. The first-order chi connectivity index (χ1) is 10.4. The highest BCUT2D eigenvalue weighted by molar-refractivity contribution is 7.09. The summed E-state index contributed by atoms with van der Waals surface area (Å²) in [6, 6.07) is 12.1. The minimum Gasteiger partial charge on any atom is -0.310 e. The number of hydrogen-bond acceptors (Lipinski definition) is 2. The first-order valence-corrected chi connectivity index (χ1v) is 9.12. The standard InChI is InChI=1S/C19H25NS/c1-2-12-20-19(11-10-18-7-4-13-21-18)17-9-8-15-5-3-6-16(15)14-17/h4,7-9,13-14,19-20H,2-3,5-6,10-12H2,1H3. The first kappa shape index (κ1) is 14.8. The summed E-state index contributed by atoms with van der Waals surface area (Å²) in [5.41, 5.74) is 4.65. The van der Waals surface area contributed by atoms with Gasteiger partial charge in [-0.3, -0.25) is 0 Å². The Morgan fingerprint density at radius 3 is 2.90 bits per heavy atom. The number of thiophene rings is 1. The topological polar surface area (TPSA) is 12.0 Å². The average Bonchev–Trinajstić information content (AvgIpc) is 3.17. The van der Waals surface area contributed by atoms with E-state index < -0.39 is 0 Å². The van der Waals surface area contributed by atoms with Gasteiger partial charge in [0.25, 0.3) is 0 Å². The van der Waals surface area contributed by atoms with E-state index >= 15 is 0 Å². The number of aryl methyl sites for hydroxylation is 3. The van der Waals surface area contributed by atoms with Crippen molar-refractivity contribution >= 4 is 11.3 Å². The van der Waals surface area contributed by atoms with Crippen LogP contribution in [0.3, 0.4) is 0 Å². The van der Waals surface area contributed by atoms with Crippen LogP contribution in [0, 0.1) is 0 Å². The second kappa shape index (κ2) is 7.24. The number of benzene rings is 1. The molecule has 0 bridgehead atoms. The molecule has 1 atom stereocenters. The molecule has 1 aromatic heterocycles. The van der Waals surface area contributed by atoms with E-state index in [1.54, 1.807) is 11.1 Å². The number of rotatable bonds is 7. The highest BCUT2D eigenvalue weighted by Gasteiger charge is 2.16. The van der Waals surface area contributed by atoms with Crippen LogP contribution in [0.15, 0.2) is 35.7 Å². The summed E-state index contributed by atoms with van der Waals surface area (Å²) in [5, 5.41) is 5.92. The molecule has 0 fully saturated rings. The molecule has 21 heavy (non-hydrogen) atoms. The molecule has 2 aromatic rings. The van der Waals surface area contributed by atoms with Crippen LogP contribution in [0.2, 0.25) is 0 Å². The van der Waals surface area contributed by atoms with E-state index in [1.807, 2.05) is 11.3 Å². The normalized spacial score (nSPS) is 15.1. The molecule has 1 nitrogen and oxygen atoms in total. The van der Waals surface area contributed by atoms with Gasteiger partial charge in [0.15, 0.2) is 0 Å². The maximum atomic E-state index is 3.74. The minimum atomic E-state index is 0.498. The molecule has 0 amide bonds. The quantitative estimate of drug-likeness (QED) is 0.766. The van der Waals surface area contributed by atoms with E-state index in [2.05, 4.69) is 48.0 Å². The van der Waals surface area contributed by atoms with E-state index in [1.165, 1.54) is 49.0 Å². The summed E-state index contributed by atoms with van der Waals surface area (Å²) in [4.78, 5) is 1.50. The highest BCUT2D eigenvalue weighted by Crippen LogP contribution is 2.27. The van der Waals surface area contributed by atoms with Crippen LogP contribution in [-0.4, -0.2) is 6.54 Å². The Labute approximate surface area is 132 Å². The largest absolute Gasteiger partial charge is 0.310 e. The van der Waals surface area contributed by atoms with Gasteiger partial charge in [0.2, 0.25) is 0 Å². The van der Waals surface area contributed by atoms with E-state index in [-0.39, 0.29) is 0 Å². The zero-order valence-corrected chi connectivity index (χ0v) is 13.7. The predicted octanol–water partition coefficient (Wildman–Crippen LogP) is 4.91. The van der Waals surface area contributed by atoms with Crippen molar-refractivity contribution in [2.24, 2.45) is 0 Å². The molecule has 1 aliphatic rings. The van der Waals surface area contributed by atoms with Crippen molar-refractivity contribution in [3.05, 3.63) is 57.3 Å². The monoisotopic (exact) mass is 299 g/mol. The Kier molecular flexibility index (Phi) is 5.10. The third-order valence-electron chi connectivity index (χ3n) is 4.43. The summed E-state index contributed by atoms with van der Waals surface area (Å²) in [6.45, 7) is 3.35. The SMILES string of the molecule is CCCNC(CCc1cccs1)c1ccc2c(c1)CCC2. The summed E-state index contributed by atoms with van der Waals surface area (Å²) < 4.78 is 0. The van der Waals surface area contributed by atoms with Gasteiger partial charge in [-0.05, 0) is 73.2 Å². The number of nitrogens with one attached hydrogen (secondary N) is 1. The Bertz CT molecular complexity index is 559. The van der Waals surface area contributed by atoms with Gasteiger partial charge < -0.3 is 5.32 Å². The van der Waals surface area contributed by atoms with Crippen LogP contribution in [-0.2, 0) is 19.3 Å². The molecule has 3 rings (SSSR count). The van der Waals surface area contributed by atoms with Gasteiger partial charge >= 0.3 is 0 Å². The van der Waals surface area contributed by atoms with Gasteiger partial charge in [-0.25, -0.2) is 0 Å². The van der Waals surface area contributed by atoms with Crippen LogP contribution < -0.4 is 5.32 Å². The molecule has 0 saturated carbocycles. The van der Waals surface area contributed by atoms with Gasteiger partial charge in [-0.2, -0.15) is 0 Å². The third-order valence-corrected chi connectivity index (χ3v) is 5.36. The van der Waals surface area contributed by atoms with Crippen LogP contribution >= 0.6 is 11.3 Å². The van der Waals surface area contributed by atoms with Gasteiger partial charge in [0.05, 0.1) is 0 Å². The fraction of sp³-hybridized carbons (Fsp3) is 0.474. The van der Waals surface area contributed by atoms with Crippen molar-refractivity contribution in [2.75, 3.05) is 6.54 Å². The van der Waals surface area contributed by atoms with Crippen molar-refractivity contribution in [1.82, 2.24) is 5.32 Å². The van der Waals surface area contributed by atoms with Crippen LogP contribution in [0.4, 0.5) is 0 Å². The Morgan fingerprint density at radius 1 is 1.19 bits per heavy atom. The second-order valence-electron chi connectivity index (χ2n) is 6.01. The molecule has 0 spiro atoms. The summed E-state index contributed by atoms with van der Waals surface area (Å²) >= 11 is 1.88. The smallest absolute Gasteiger partial charge is 0.0323 e. The zero-order valence-electron chi connectivity index (χ0n) is 12.9. The van der Waals surface area contributed by atoms with Gasteiger partial charge in [0.1, 0.15) is 0 Å². The first-order valence-electron chi connectivity index (χ1n) is 8.24. The Balaban J connectivity index is 1.71. The highest BCUT2D eigenvalue weighted by atomic mass is 32.1. The molecule has 2 heteroatoms. The van der Waals surface area contributed by atoms with E-state index in [4.69, 9.17) is 0 Å². The maximum absolute atomic E-state index is 3.74. The maximum Gasteiger partial charge on any atom is 0.0323 e. The predicted molar refractivity (Wildman–Crippen MR) is 92.1 cm³/mol. The van der Waals surface area contributed by atoms with E-state index in [0.717, 1.165) is 6.54 Å².